The van der Waals surface area contributed by atoms with E-state index in [-0.39, 0.29) is 31.1 Å². The predicted molar refractivity (Wildman–Crippen MR) is 362 cm³/mol. The number of ether oxygens (including phenoxy) is 3. The topological polar surface area (TPSA) is 78.9 Å². The number of rotatable bonds is 65. The number of carbonyl (C=O) groups excluding carboxylic acids is 3. The highest BCUT2D eigenvalue weighted by atomic mass is 16.6. The molecule has 0 N–H and O–H groups in total. The molecule has 6 nitrogen and oxygen atoms in total. The molecule has 0 amide bonds. The molecular weight excluding hydrogens is 1020 g/mol. The predicted octanol–water partition coefficient (Wildman–Crippen LogP) is 24.8. The quantitative estimate of drug-likeness (QED) is 0.0261. The molecule has 478 valence electrons. The largest absolute Gasteiger partial charge is 0.462 e. The Morgan fingerprint density at radius 1 is 0.253 bits per heavy atom. The molecule has 0 aliphatic carbocycles. The first-order valence-electron chi connectivity index (χ1n) is 35.7. The van der Waals surface area contributed by atoms with E-state index in [2.05, 4.69) is 118 Å². The molecule has 0 radical (unpaired) electrons. The number of esters is 3. The molecule has 0 aromatic carbocycles. The highest BCUT2D eigenvalue weighted by molar-refractivity contribution is 5.71. The fraction of sp³-hybridized carbons (Fsp3) is 0.753. The maximum atomic E-state index is 13.0. The maximum absolute atomic E-state index is 13.0. The lowest BCUT2D eigenvalue weighted by atomic mass is 10.0. The molecule has 6 heteroatoms. The lowest BCUT2D eigenvalue weighted by Crippen LogP contribution is -2.30. The number of unbranched alkanes of at least 4 members (excludes halogenated alkanes) is 38. The van der Waals surface area contributed by atoms with Crippen molar-refractivity contribution in [3.8, 4) is 0 Å². The highest BCUT2D eigenvalue weighted by Crippen LogP contribution is 2.17. The summed E-state index contributed by atoms with van der Waals surface area (Å²) in [5, 5.41) is 0. The Kier molecular flexibility index (Phi) is 67.7. The zero-order chi connectivity index (χ0) is 59.9. The van der Waals surface area contributed by atoms with Crippen LogP contribution in [0.25, 0.3) is 0 Å². The van der Waals surface area contributed by atoms with Crippen molar-refractivity contribution in [3.63, 3.8) is 0 Å². The van der Waals surface area contributed by atoms with Crippen LogP contribution in [0.5, 0.6) is 0 Å². The third-order valence-corrected chi connectivity index (χ3v) is 15.5. The Balaban J connectivity index is 4.35. The summed E-state index contributed by atoms with van der Waals surface area (Å²) >= 11 is 0. The number of allylic oxidation sites excluding steroid dienone is 16. The van der Waals surface area contributed by atoms with Crippen molar-refractivity contribution in [1.82, 2.24) is 0 Å². The average molecular weight is 1160 g/mol. The Bertz CT molecular complexity index is 1610. The molecule has 1 unspecified atom stereocenters. The van der Waals surface area contributed by atoms with Crippen LogP contribution < -0.4 is 0 Å². The van der Waals surface area contributed by atoms with Gasteiger partial charge < -0.3 is 14.2 Å². The second-order valence-electron chi connectivity index (χ2n) is 23.8. The Morgan fingerprint density at radius 3 is 0.759 bits per heavy atom. The summed E-state index contributed by atoms with van der Waals surface area (Å²) in [7, 11) is 0. The lowest BCUT2D eigenvalue weighted by Gasteiger charge is -2.18. The smallest absolute Gasteiger partial charge is 0.306 e. The molecule has 0 saturated carbocycles. The maximum Gasteiger partial charge on any atom is 0.306 e. The molecule has 0 saturated heterocycles. The molecule has 0 aromatic rings. The van der Waals surface area contributed by atoms with Gasteiger partial charge in [-0.3, -0.25) is 14.4 Å². The van der Waals surface area contributed by atoms with Gasteiger partial charge in [-0.2, -0.15) is 0 Å². The van der Waals surface area contributed by atoms with Gasteiger partial charge in [-0.15, -0.1) is 0 Å². The van der Waals surface area contributed by atoms with Crippen LogP contribution in [-0.4, -0.2) is 37.2 Å². The summed E-state index contributed by atoms with van der Waals surface area (Å²) < 4.78 is 17.0. The molecule has 0 aliphatic heterocycles. The van der Waals surface area contributed by atoms with Crippen LogP contribution in [0.3, 0.4) is 0 Å². The van der Waals surface area contributed by atoms with Crippen molar-refractivity contribution in [2.75, 3.05) is 13.2 Å². The summed E-state index contributed by atoms with van der Waals surface area (Å²) in [6.45, 7) is 6.53. The monoisotopic (exact) mass is 1160 g/mol. The third kappa shape index (κ3) is 69.0. The summed E-state index contributed by atoms with van der Waals surface area (Å²) in [4.78, 5) is 38.5. The van der Waals surface area contributed by atoms with E-state index in [9.17, 15) is 14.4 Å². The van der Waals surface area contributed by atoms with E-state index in [1.54, 1.807) is 0 Å². The van der Waals surface area contributed by atoms with Gasteiger partial charge in [-0.1, -0.05) is 311 Å². The van der Waals surface area contributed by atoms with Crippen molar-refractivity contribution in [2.24, 2.45) is 0 Å². The van der Waals surface area contributed by atoms with Gasteiger partial charge in [0.15, 0.2) is 6.10 Å². The van der Waals surface area contributed by atoms with Gasteiger partial charge in [0.05, 0.1) is 0 Å². The molecule has 0 rings (SSSR count). The molecule has 0 heterocycles. The van der Waals surface area contributed by atoms with E-state index in [0.29, 0.717) is 19.3 Å². The molecule has 0 fully saturated rings. The first-order valence-corrected chi connectivity index (χ1v) is 35.7. The molecule has 83 heavy (non-hydrogen) atoms. The van der Waals surface area contributed by atoms with Gasteiger partial charge >= 0.3 is 17.9 Å². The van der Waals surface area contributed by atoms with Gasteiger partial charge in [0.1, 0.15) is 13.2 Å². The van der Waals surface area contributed by atoms with Gasteiger partial charge in [-0.25, -0.2) is 0 Å². The zero-order valence-corrected chi connectivity index (χ0v) is 54.9. The normalized spacial score (nSPS) is 12.7. The van der Waals surface area contributed by atoms with E-state index < -0.39 is 6.10 Å². The van der Waals surface area contributed by atoms with E-state index in [1.165, 1.54) is 212 Å². The van der Waals surface area contributed by atoms with Crippen LogP contribution in [0.4, 0.5) is 0 Å². The fourth-order valence-electron chi connectivity index (χ4n) is 10.2. The van der Waals surface area contributed by atoms with E-state index in [0.717, 1.165) is 103 Å². The Labute approximate surface area is 515 Å². The van der Waals surface area contributed by atoms with Gasteiger partial charge in [0, 0.05) is 19.3 Å². The highest BCUT2D eigenvalue weighted by Gasteiger charge is 2.19. The zero-order valence-electron chi connectivity index (χ0n) is 54.9. The van der Waals surface area contributed by atoms with Gasteiger partial charge in [0.2, 0.25) is 0 Å². The van der Waals surface area contributed by atoms with E-state index in [4.69, 9.17) is 14.2 Å². The van der Waals surface area contributed by atoms with Crippen LogP contribution >= 0.6 is 0 Å². The summed E-state index contributed by atoms with van der Waals surface area (Å²) in [5.74, 6) is -0.876. The van der Waals surface area contributed by atoms with Gasteiger partial charge in [-0.05, 0) is 122 Å². The minimum absolute atomic E-state index is 0.0803. The van der Waals surface area contributed by atoms with Crippen molar-refractivity contribution >= 4 is 17.9 Å². The molecule has 0 bridgehead atoms. The first-order chi connectivity index (χ1) is 41.0. The SMILES string of the molecule is CC/C=C\C/C=C\C/C=C\C/C=C\CCCCCCCCCCCCC(=O)OC(COC(=O)CCCCCCCCC/C=C\C/C=C\CCCCC)COC(=O)CCCCCCCCCCCCCCC/C=C\C/C=C\CCCCCCC. The number of hydrogen-bond donors (Lipinski definition) is 0. The Hall–Kier alpha value is -3.67. The van der Waals surface area contributed by atoms with Crippen LogP contribution in [0, 0.1) is 0 Å². The third-order valence-electron chi connectivity index (χ3n) is 15.5. The first kappa shape index (κ1) is 79.3. The second-order valence-corrected chi connectivity index (χ2v) is 23.8. The molecule has 0 aliphatic rings. The van der Waals surface area contributed by atoms with Crippen molar-refractivity contribution < 1.29 is 28.6 Å². The standard InChI is InChI=1S/C77H134O6/c1-4-7-10-13-16-19-22-25-28-31-33-35-37-38-40-41-43-46-49-52-55-58-61-64-67-70-76(79)82-73-74(72-81-75(78)69-66-63-60-57-54-51-48-45-30-27-24-21-18-15-12-9-6-3)83-77(80)71-68-65-62-59-56-53-50-47-44-42-39-36-34-32-29-26-23-20-17-14-11-8-5-2/h8,11,17-18,20-22,25-27,29-31,33-34,36,74H,4-7,9-10,12-16,19,23-24,28,32,35,37-73H2,1-3H3/b11-8-,20-17-,21-18-,25-22-,29-26-,30-27-,33-31-,36-34-. The number of carbonyl (C=O) groups is 3. The van der Waals surface area contributed by atoms with E-state index >= 15 is 0 Å². The second kappa shape index (κ2) is 70.8. The van der Waals surface area contributed by atoms with E-state index in [1.807, 2.05) is 0 Å². The van der Waals surface area contributed by atoms with Gasteiger partial charge in [0.25, 0.3) is 0 Å². The van der Waals surface area contributed by atoms with Crippen LogP contribution in [-0.2, 0) is 28.6 Å². The number of hydrogen-bond acceptors (Lipinski definition) is 6. The minimum Gasteiger partial charge on any atom is -0.462 e. The molecule has 1 atom stereocenters. The fourth-order valence-corrected chi connectivity index (χ4v) is 10.2. The van der Waals surface area contributed by atoms with Crippen molar-refractivity contribution in [3.05, 3.63) is 97.2 Å². The van der Waals surface area contributed by atoms with Crippen LogP contribution in [0.2, 0.25) is 0 Å². The molecule has 0 aromatic heterocycles. The Morgan fingerprint density at radius 2 is 0.470 bits per heavy atom. The lowest BCUT2D eigenvalue weighted by molar-refractivity contribution is -0.167. The summed E-state index contributed by atoms with van der Waals surface area (Å²) in [5.41, 5.74) is 0. The van der Waals surface area contributed by atoms with Crippen molar-refractivity contribution in [2.45, 2.75) is 361 Å². The van der Waals surface area contributed by atoms with Crippen molar-refractivity contribution in [1.29, 1.82) is 0 Å². The van der Waals surface area contributed by atoms with Crippen LogP contribution in [0.15, 0.2) is 97.2 Å². The average Bonchev–Trinajstić information content (AvgIpc) is 3.49. The molecule has 0 spiro atoms. The van der Waals surface area contributed by atoms with Crippen LogP contribution in [0.1, 0.15) is 355 Å². The summed E-state index contributed by atoms with van der Waals surface area (Å²) in [6.07, 6.45) is 95.7. The summed E-state index contributed by atoms with van der Waals surface area (Å²) in [6, 6.07) is 0. The molecular formula is C77H134O6. The minimum atomic E-state index is -0.786.